The number of nitrogens with two attached hydrogens (primary N) is 1. The minimum absolute atomic E-state index is 0.513. The van der Waals surface area contributed by atoms with Crippen LogP contribution in [-0.2, 0) is 0 Å². The zero-order chi connectivity index (χ0) is 14.1. The Balaban J connectivity index is 2.22. The number of hydrogen-bond donors (Lipinski definition) is 1. The second-order valence-electron chi connectivity index (χ2n) is 4.13. The normalized spacial score (nSPS) is 10.7. The highest BCUT2D eigenvalue weighted by molar-refractivity contribution is 5.98. The van der Waals surface area contributed by atoms with Crippen molar-refractivity contribution in [3.8, 4) is 17.1 Å². The van der Waals surface area contributed by atoms with Crippen LogP contribution < -0.4 is 10.5 Å². The summed E-state index contributed by atoms with van der Waals surface area (Å²) >= 11 is 0. The van der Waals surface area contributed by atoms with Gasteiger partial charge in [-0.05, 0) is 24.3 Å². The van der Waals surface area contributed by atoms with E-state index in [1.165, 1.54) is 4.68 Å². The summed E-state index contributed by atoms with van der Waals surface area (Å²) in [6.07, 6.45) is 1.64. The number of fused-ring (bicyclic) bond motifs is 1. The van der Waals surface area contributed by atoms with Gasteiger partial charge in [-0.2, -0.15) is 9.78 Å². The van der Waals surface area contributed by atoms with Gasteiger partial charge in [0, 0.05) is 23.2 Å². The molecule has 0 atom stereocenters. The maximum absolute atomic E-state index is 11.4. The number of methoxy groups -OCH3 is 1. The molecule has 3 rings (SSSR count). The van der Waals surface area contributed by atoms with E-state index in [-0.39, 0.29) is 0 Å². The Morgan fingerprint density at radius 2 is 2.25 bits per heavy atom. The molecule has 2 N–H and O–H groups in total. The molecule has 6 heteroatoms. The number of amides is 1. The first-order chi connectivity index (χ1) is 9.70. The molecular weight excluding hydrogens is 256 g/mol. The van der Waals surface area contributed by atoms with Crippen LogP contribution in [0.2, 0.25) is 0 Å². The third-order valence-electron chi connectivity index (χ3n) is 2.95. The van der Waals surface area contributed by atoms with Crippen LogP contribution in [0.25, 0.3) is 22.2 Å². The van der Waals surface area contributed by atoms with Crippen LogP contribution in [0.1, 0.15) is 0 Å². The Morgan fingerprint density at radius 3 is 2.90 bits per heavy atom. The first kappa shape index (κ1) is 12.2. The lowest BCUT2D eigenvalue weighted by Gasteiger charge is -2.00. The lowest BCUT2D eigenvalue weighted by Crippen LogP contribution is -2.20. The van der Waals surface area contributed by atoms with Gasteiger partial charge in [0.25, 0.3) is 0 Å². The predicted molar refractivity (Wildman–Crippen MR) is 73.3 cm³/mol. The van der Waals surface area contributed by atoms with Gasteiger partial charge in [-0.15, -0.1) is 0 Å². The average Bonchev–Trinajstić information content (AvgIpc) is 2.87. The van der Waals surface area contributed by atoms with E-state index < -0.39 is 6.03 Å². The molecule has 3 aromatic rings. The van der Waals surface area contributed by atoms with Crippen LogP contribution in [0.3, 0.4) is 0 Å². The monoisotopic (exact) mass is 267 g/mol. The van der Waals surface area contributed by atoms with Crippen molar-refractivity contribution in [3.05, 3.63) is 42.6 Å². The SMILES string of the molecule is COc1ccc(-c2nn(C(N)=O)c3cc[c]cc23)cn1. The van der Waals surface area contributed by atoms with Gasteiger partial charge in [-0.1, -0.05) is 6.07 Å². The highest BCUT2D eigenvalue weighted by atomic mass is 16.5. The lowest BCUT2D eigenvalue weighted by atomic mass is 10.1. The number of rotatable bonds is 2. The zero-order valence-electron chi connectivity index (χ0n) is 10.7. The molecule has 0 saturated carbocycles. The molecular formula is C14H11N4O2. The maximum Gasteiger partial charge on any atom is 0.340 e. The standard InChI is InChI=1S/C14H11N4O2/c1-20-12-7-6-9(8-16-12)13-10-4-2-3-5-11(10)18(17-13)14(15)19/h3-8H,1H3,(H2,15,19). The predicted octanol–water partition coefficient (Wildman–Crippen LogP) is 1.83. The number of aromatic nitrogens is 3. The summed E-state index contributed by atoms with van der Waals surface area (Å²) < 4.78 is 6.19. The molecule has 2 aromatic heterocycles. The van der Waals surface area contributed by atoms with Gasteiger partial charge >= 0.3 is 6.03 Å². The van der Waals surface area contributed by atoms with E-state index in [4.69, 9.17) is 10.5 Å². The maximum atomic E-state index is 11.4. The zero-order valence-corrected chi connectivity index (χ0v) is 10.7. The number of carbonyl (C=O) groups is 1. The van der Waals surface area contributed by atoms with Crippen LogP contribution in [0, 0.1) is 6.07 Å². The second kappa shape index (κ2) is 4.65. The topological polar surface area (TPSA) is 83.0 Å². The van der Waals surface area contributed by atoms with Crippen molar-refractivity contribution in [2.75, 3.05) is 7.11 Å². The first-order valence-corrected chi connectivity index (χ1v) is 5.90. The smallest absolute Gasteiger partial charge is 0.340 e. The molecule has 0 aliphatic rings. The van der Waals surface area contributed by atoms with Crippen molar-refractivity contribution in [2.24, 2.45) is 5.73 Å². The third-order valence-corrected chi connectivity index (χ3v) is 2.95. The van der Waals surface area contributed by atoms with Gasteiger partial charge in [-0.25, -0.2) is 9.78 Å². The number of nitrogens with zero attached hydrogens (tertiary/aromatic N) is 3. The van der Waals surface area contributed by atoms with Crippen molar-refractivity contribution < 1.29 is 9.53 Å². The van der Waals surface area contributed by atoms with Crippen molar-refractivity contribution in [1.82, 2.24) is 14.8 Å². The van der Waals surface area contributed by atoms with Crippen LogP contribution in [0.15, 0.2) is 36.5 Å². The highest BCUT2D eigenvalue weighted by Gasteiger charge is 2.14. The fourth-order valence-electron chi connectivity index (χ4n) is 2.03. The van der Waals surface area contributed by atoms with Crippen molar-refractivity contribution in [1.29, 1.82) is 0 Å². The Hall–Kier alpha value is -2.89. The fraction of sp³-hybridized carbons (Fsp3) is 0.0714. The number of benzene rings is 1. The second-order valence-corrected chi connectivity index (χ2v) is 4.13. The molecule has 0 aliphatic heterocycles. The van der Waals surface area contributed by atoms with Crippen LogP contribution in [0.4, 0.5) is 4.79 Å². The lowest BCUT2D eigenvalue weighted by molar-refractivity contribution is 0.248. The third kappa shape index (κ3) is 1.87. The number of ether oxygens (including phenoxy) is 1. The number of primary amides is 1. The summed E-state index contributed by atoms with van der Waals surface area (Å²) in [7, 11) is 1.55. The molecule has 0 fully saturated rings. The van der Waals surface area contributed by atoms with E-state index in [1.54, 1.807) is 37.6 Å². The van der Waals surface area contributed by atoms with Gasteiger partial charge in [-0.3, -0.25) is 0 Å². The molecule has 0 aliphatic carbocycles. The minimum Gasteiger partial charge on any atom is -0.481 e. The largest absolute Gasteiger partial charge is 0.481 e. The van der Waals surface area contributed by atoms with Crippen LogP contribution >= 0.6 is 0 Å². The molecule has 0 unspecified atom stereocenters. The summed E-state index contributed by atoms with van der Waals surface area (Å²) in [6.45, 7) is 0. The molecule has 99 valence electrons. The number of carbonyl (C=O) groups excluding carboxylic acids is 1. The van der Waals surface area contributed by atoms with E-state index >= 15 is 0 Å². The fourth-order valence-corrected chi connectivity index (χ4v) is 2.03. The van der Waals surface area contributed by atoms with Crippen LogP contribution in [-0.4, -0.2) is 27.9 Å². The van der Waals surface area contributed by atoms with Gasteiger partial charge in [0.2, 0.25) is 5.88 Å². The quantitative estimate of drug-likeness (QED) is 0.767. The summed E-state index contributed by atoms with van der Waals surface area (Å²) in [5.41, 5.74) is 7.38. The van der Waals surface area contributed by atoms with Crippen molar-refractivity contribution in [2.45, 2.75) is 0 Å². The molecule has 1 aromatic carbocycles. The first-order valence-electron chi connectivity index (χ1n) is 5.90. The van der Waals surface area contributed by atoms with Crippen molar-refractivity contribution in [3.63, 3.8) is 0 Å². The Morgan fingerprint density at radius 1 is 1.40 bits per heavy atom. The van der Waals surface area contributed by atoms with E-state index in [2.05, 4.69) is 16.1 Å². The molecule has 6 nitrogen and oxygen atoms in total. The molecule has 1 radical (unpaired) electrons. The van der Waals surface area contributed by atoms with E-state index in [1.807, 2.05) is 6.07 Å². The van der Waals surface area contributed by atoms with Crippen LogP contribution in [0.5, 0.6) is 5.88 Å². The van der Waals surface area contributed by atoms with Gasteiger partial charge in [0.05, 0.1) is 12.6 Å². The Bertz CT molecular complexity index is 777. The molecule has 20 heavy (non-hydrogen) atoms. The van der Waals surface area contributed by atoms with Crippen molar-refractivity contribution >= 4 is 16.9 Å². The summed E-state index contributed by atoms with van der Waals surface area (Å²) in [5, 5.41) is 5.05. The van der Waals surface area contributed by atoms with E-state index in [9.17, 15) is 4.79 Å². The summed E-state index contributed by atoms with van der Waals surface area (Å²) in [5.74, 6) is 0.513. The molecule has 2 heterocycles. The van der Waals surface area contributed by atoms with Gasteiger partial charge < -0.3 is 10.5 Å². The minimum atomic E-state index is -0.631. The number of hydrogen-bond acceptors (Lipinski definition) is 4. The summed E-state index contributed by atoms with van der Waals surface area (Å²) in [6, 6.07) is 11.1. The summed E-state index contributed by atoms with van der Waals surface area (Å²) in [4.78, 5) is 15.6. The molecule has 1 amide bonds. The van der Waals surface area contributed by atoms with E-state index in [0.717, 1.165) is 10.9 Å². The van der Waals surface area contributed by atoms with E-state index in [0.29, 0.717) is 17.1 Å². The van der Waals surface area contributed by atoms with Gasteiger partial charge in [0.1, 0.15) is 5.69 Å². The number of pyridine rings is 1. The molecule has 0 saturated heterocycles. The molecule has 0 spiro atoms. The molecule has 0 bridgehead atoms. The van der Waals surface area contributed by atoms with Gasteiger partial charge in [0.15, 0.2) is 0 Å². The Labute approximate surface area is 114 Å². The highest BCUT2D eigenvalue weighted by Crippen LogP contribution is 2.27. The average molecular weight is 267 g/mol. The Kier molecular flexibility index (Phi) is 2.83.